The van der Waals surface area contributed by atoms with Gasteiger partial charge < -0.3 is 19.8 Å². The average Bonchev–Trinajstić information content (AvgIpc) is 3.22. The number of carboxylic acids is 1. The predicted molar refractivity (Wildman–Crippen MR) is 118 cm³/mol. The number of aryl methyl sites for hydroxylation is 1. The number of aliphatic carboxylic acids is 1. The smallest absolute Gasteiger partial charge is 0.408 e. The van der Waals surface area contributed by atoms with Crippen LogP contribution in [0.4, 0.5) is 19.3 Å². The van der Waals surface area contributed by atoms with Crippen molar-refractivity contribution in [2.45, 2.75) is 26.0 Å². The number of benzene rings is 1. The minimum atomic E-state index is -2.56. The minimum Gasteiger partial charge on any atom is -0.480 e. The number of aromatic nitrogens is 4. The van der Waals surface area contributed by atoms with Crippen LogP contribution in [0.3, 0.4) is 0 Å². The Hall–Kier alpha value is -4.29. The Morgan fingerprint density at radius 2 is 1.83 bits per heavy atom. The number of alkyl halides is 2. The Balaban J connectivity index is 1.43. The van der Waals surface area contributed by atoms with E-state index < -0.39 is 24.5 Å². The number of hydrogen-bond donors (Lipinski definition) is 2. The molecule has 0 saturated carbocycles. The van der Waals surface area contributed by atoms with Gasteiger partial charge in [-0.1, -0.05) is 17.3 Å². The molecule has 1 aliphatic rings. The molecule has 184 valence electrons. The molecule has 4 rings (SSSR count). The number of piperazine rings is 1. The Bertz CT molecular complexity index is 1200. The largest absolute Gasteiger partial charge is 0.480 e. The lowest BCUT2D eigenvalue weighted by Gasteiger charge is -2.38. The zero-order valence-electron chi connectivity index (χ0n) is 18.6. The zero-order chi connectivity index (χ0) is 25.1. The Morgan fingerprint density at radius 1 is 1.11 bits per heavy atom. The molecule has 0 spiro atoms. The van der Waals surface area contributed by atoms with Crippen LogP contribution >= 0.6 is 0 Å². The van der Waals surface area contributed by atoms with E-state index in [1.54, 1.807) is 24.0 Å². The van der Waals surface area contributed by atoms with E-state index in [0.717, 1.165) is 4.90 Å². The highest BCUT2D eigenvalue weighted by atomic mass is 19.3. The predicted octanol–water partition coefficient (Wildman–Crippen LogP) is 2.74. The van der Waals surface area contributed by atoms with Gasteiger partial charge >= 0.3 is 12.1 Å². The van der Waals surface area contributed by atoms with Crippen LogP contribution < -0.4 is 9.64 Å². The molecule has 1 aromatic carbocycles. The maximum absolute atomic E-state index is 12.8. The summed E-state index contributed by atoms with van der Waals surface area (Å²) in [4.78, 5) is 29.7. The van der Waals surface area contributed by atoms with Gasteiger partial charge in [-0.25, -0.2) is 28.0 Å². The van der Waals surface area contributed by atoms with Crippen molar-refractivity contribution in [3.05, 3.63) is 59.5 Å². The Morgan fingerprint density at radius 3 is 2.43 bits per heavy atom. The number of carbonyl (C=O) groups is 2. The number of pyridine rings is 1. The van der Waals surface area contributed by atoms with Crippen LogP contribution in [0.1, 0.15) is 23.4 Å². The van der Waals surface area contributed by atoms with Crippen LogP contribution in [-0.4, -0.2) is 72.8 Å². The summed E-state index contributed by atoms with van der Waals surface area (Å²) in [5.41, 5.74) is 2.33. The van der Waals surface area contributed by atoms with E-state index in [2.05, 4.69) is 15.3 Å². The van der Waals surface area contributed by atoms with Gasteiger partial charge in [0, 0.05) is 31.3 Å². The number of rotatable bonds is 7. The molecule has 3 aromatic rings. The molecule has 0 aliphatic carbocycles. The molecule has 3 heterocycles. The second-order valence-corrected chi connectivity index (χ2v) is 7.84. The lowest BCUT2D eigenvalue weighted by molar-refractivity contribution is -0.142. The van der Waals surface area contributed by atoms with E-state index in [-0.39, 0.29) is 25.3 Å². The Labute approximate surface area is 198 Å². The fourth-order valence-corrected chi connectivity index (χ4v) is 3.76. The van der Waals surface area contributed by atoms with Gasteiger partial charge in [0.25, 0.3) is 6.43 Å². The van der Waals surface area contributed by atoms with Crippen LogP contribution in [0, 0.1) is 6.92 Å². The summed E-state index contributed by atoms with van der Waals surface area (Å²) in [6, 6.07) is 7.86. The molecule has 1 atom stereocenters. The van der Waals surface area contributed by atoms with Crippen molar-refractivity contribution in [2.75, 3.05) is 24.5 Å². The lowest BCUT2D eigenvalue weighted by atomic mass is 10.1. The minimum absolute atomic E-state index is 0.00207. The molecule has 2 aromatic heterocycles. The number of hydrogen-bond acceptors (Lipinski definition) is 7. The Kier molecular flexibility index (Phi) is 6.75. The molecule has 35 heavy (non-hydrogen) atoms. The van der Waals surface area contributed by atoms with E-state index in [9.17, 15) is 28.6 Å². The second-order valence-electron chi connectivity index (χ2n) is 7.84. The first-order valence-electron chi connectivity index (χ1n) is 10.6. The summed E-state index contributed by atoms with van der Waals surface area (Å²) in [7, 11) is 0. The van der Waals surface area contributed by atoms with Crippen LogP contribution in [0.5, 0.6) is 5.88 Å². The highest BCUT2D eigenvalue weighted by Crippen LogP contribution is 2.23. The maximum atomic E-state index is 12.8. The topological polar surface area (TPSA) is 134 Å². The van der Waals surface area contributed by atoms with Crippen molar-refractivity contribution in [1.29, 1.82) is 0 Å². The highest BCUT2D eigenvalue weighted by Gasteiger charge is 2.35. The maximum Gasteiger partial charge on any atom is 0.408 e. The van der Waals surface area contributed by atoms with Crippen LogP contribution in [0.25, 0.3) is 5.69 Å². The quantitative estimate of drug-likeness (QED) is 0.515. The standard InChI is InChI=1S/C22H22F2N6O5/c1-13-18(30(27-26-13)15-4-2-14(3-5-15)20(23)24)12-35-19-7-6-16(10-25-19)28-8-9-29(22(33)34)17(11-28)21(31)32/h2-7,10,17,20H,8-9,11-12H2,1H3,(H,31,32)(H,33,34)/t17-/m0/s1. The van der Waals surface area contributed by atoms with Crippen molar-refractivity contribution in [3.8, 4) is 11.6 Å². The molecule has 0 radical (unpaired) electrons. The summed E-state index contributed by atoms with van der Waals surface area (Å²) in [5, 5.41) is 26.7. The normalized spacial score (nSPS) is 15.9. The van der Waals surface area contributed by atoms with Gasteiger partial charge in [0.15, 0.2) is 0 Å². The van der Waals surface area contributed by atoms with Crippen molar-refractivity contribution >= 4 is 17.7 Å². The van der Waals surface area contributed by atoms with Crippen LogP contribution in [-0.2, 0) is 11.4 Å². The number of ether oxygens (including phenoxy) is 1. The molecule has 13 heteroatoms. The molecular formula is C22H22F2N6O5. The van der Waals surface area contributed by atoms with E-state index in [4.69, 9.17) is 4.74 Å². The fourth-order valence-electron chi connectivity index (χ4n) is 3.76. The van der Waals surface area contributed by atoms with Gasteiger partial charge in [-0.05, 0) is 25.1 Å². The van der Waals surface area contributed by atoms with E-state index in [1.807, 2.05) is 0 Å². The molecule has 11 nitrogen and oxygen atoms in total. The molecule has 1 fully saturated rings. The van der Waals surface area contributed by atoms with Gasteiger partial charge in [0.1, 0.15) is 18.3 Å². The molecule has 1 saturated heterocycles. The summed E-state index contributed by atoms with van der Waals surface area (Å²) < 4.78 is 32.9. The third kappa shape index (κ3) is 5.13. The molecule has 0 bridgehead atoms. The average molecular weight is 488 g/mol. The van der Waals surface area contributed by atoms with Crippen molar-refractivity contribution < 1.29 is 33.3 Å². The zero-order valence-corrected chi connectivity index (χ0v) is 18.6. The summed E-state index contributed by atoms with van der Waals surface area (Å²) in [6.45, 7) is 2.20. The number of carboxylic acid groups (broad SMARTS) is 2. The first-order valence-corrected chi connectivity index (χ1v) is 10.6. The number of nitrogens with zero attached hydrogens (tertiary/aromatic N) is 6. The number of halogens is 2. The fraction of sp³-hybridized carbons (Fsp3) is 0.318. The SMILES string of the molecule is Cc1nnn(-c2ccc(C(F)F)cc2)c1COc1ccc(N2CCN(C(=O)O)[C@H](C(=O)O)C2)cn1. The summed E-state index contributed by atoms with van der Waals surface area (Å²) in [6.07, 6.45) is -2.31. The number of amides is 1. The second kappa shape index (κ2) is 9.91. The van der Waals surface area contributed by atoms with Gasteiger partial charge in [-0.3, -0.25) is 4.90 Å². The summed E-state index contributed by atoms with van der Waals surface area (Å²) in [5.74, 6) is -0.914. The van der Waals surface area contributed by atoms with Crippen LogP contribution in [0.2, 0.25) is 0 Å². The van der Waals surface area contributed by atoms with E-state index in [1.165, 1.54) is 35.1 Å². The molecule has 2 N–H and O–H groups in total. The van der Waals surface area contributed by atoms with E-state index in [0.29, 0.717) is 35.2 Å². The van der Waals surface area contributed by atoms with Crippen molar-refractivity contribution in [3.63, 3.8) is 0 Å². The monoisotopic (exact) mass is 488 g/mol. The lowest BCUT2D eigenvalue weighted by Crippen LogP contribution is -2.58. The van der Waals surface area contributed by atoms with Crippen molar-refractivity contribution in [2.24, 2.45) is 0 Å². The summed E-state index contributed by atoms with van der Waals surface area (Å²) >= 11 is 0. The van der Waals surface area contributed by atoms with Gasteiger partial charge in [0.05, 0.1) is 23.3 Å². The first kappa shape index (κ1) is 23.9. The van der Waals surface area contributed by atoms with Crippen LogP contribution in [0.15, 0.2) is 42.6 Å². The molecule has 0 unspecified atom stereocenters. The van der Waals surface area contributed by atoms with Crippen molar-refractivity contribution in [1.82, 2.24) is 24.9 Å². The first-order chi connectivity index (χ1) is 16.7. The molecule has 1 amide bonds. The third-order valence-electron chi connectivity index (χ3n) is 5.70. The van der Waals surface area contributed by atoms with Gasteiger partial charge in [-0.2, -0.15) is 0 Å². The van der Waals surface area contributed by atoms with E-state index >= 15 is 0 Å². The van der Waals surface area contributed by atoms with Gasteiger partial charge in [0.2, 0.25) is 5.88 Å². The highest BCUT2D eigenvalue weighted by molar-refractivity contribution is 5.80. The molecule has 1 aliphatic heterocycles. The third-order valence-corrected chi connectivity index (χ3v) is 5.70. The molecular weight excluding hydrogens is 466 g/mol. The number of anilines is 1. The van der Waals surface area contributed by atoms with Gasteiger partial charge in [-0.15, -0.1) is 5.10 Å².